The van der Waals surface area contributed by atoms with E-state index >= 15 is 0 Å². The number of halogens is 2. The van der Waals surface area contributed by atoms with Crippen molar-refractivity contribution in [1.82, 2.24) is 0 Å². The van der Waals surface area contributed by atoms with Crippen LogP contribution in [0.3, 0.4) is 0 Å². The number of nitrogens with zero attached hydrogens (tertiary/aromatic N) is 1. The summed E-state index contributed by atoms with van der Waals surface area (Å²) in [5, 5.41) is 9.04. The maximum atomic E-state index is 13.8. The Balaban J connectivity index is 2.26. The van der Waals surface area contributed by atoms with Gasteiger partial charge in [0.25, 0.3) is 0 Å². The third kappa shape index (κ3) is 3.17. The van der Waals surface area contributed by atoms with Crippen molar-refractivity contribution < 1.29 is 9.13 Å². The number of methoxy groups -OCH3 is 1. The summed E-state index contributed by atoms with van der Waals surface area (Å²) >= 11 is 3.41. The summed E-state index contributed by atoms with van der Waals surface area (Å²) in [6.07, 6.45) is 1.07. The Morgan fingerprint density at radius 3 is 2.75 bits per heavy atom. The number of hydrogen-bond acceptors (Lipinski definition) is 2. The predicted molar refractivity (Wildman–Crippen MR) is 79.2 cm³/mol. The lowest BCUT2D eigenvalue weighted by atomic mass is 9.99. The third-order valence-corrected chi connectivity index (χ3v) is 3.62. The molecule has 2 rings (SSSR count). The number of benzene rings is 2. The first-order valence-electron chi connectivity index (χ1n) is 6.15. The van der Waals surface area contributed by atoms with E-state index < -0.39 is 0 Å². The first kappa shape index (κ1) is 14.5. The summed E-state index contributed by atoms with van der Waals surface area (Å²) in [4.78, 5) is 0. The number of rotatable bonds is 4. The molecule has 4 heteroatoms. The zero-order valence-corrected chi connectivity index (χ0v) is 12.6. The summed E-state index contributed by atoms with van der Waals surface area (Å²) < 4.78 is 20.1. The number of ether oxygens (including phenoxy) is 1. The summed E-state index contributed by atoms with van der Waals surface area (Å²) in [6.45, 7) is 0. The van der Waals surface area contributed by atoms with Crippen LogP contribution in [-0.2, 0) is 12.8 Å². The maximum Gasteiger partial charge on any atom is 0.127 e. The van der Waals surface area contributed by atoms with Crippen molar-refractivity contribution in [3.8, 4) is 11.8 Å². The molecular formula is C16H13BrFNO. The van der Waals surface area contributed by atoms with Crippen molar-refractivity contribution in [3.63, 3.8) is 0 Å². The molecule has 2 aromatic rings. The van der Waals surface area contributed by atoms with Crippen LogP contribution in [0.15, 0.2) is 40.9 Å². The van der Waals surface area contributed by atoms with Crippen LogP contribution in [0.2, 0.25) is 0 Å². The Morgan fingerprint density at radius 1 is 1.25 bits per heavy atom. The second-order valence-corrected chi connectivity index (χ2v) is 5.25. The van der Waals surface area contributed by atoms with Gasteiger partial charge in [0.05, 0.1) is 18.7 Å². The van der Waals surface area contributed by atoms with Gasteiger partial charge in [0.15, 0.2) is 0 Å². The first-order valence-corrected chi connectivity index (χ1v) is 6.95. The number of aryl methyl sites for hydroxylation is 1. The van der Waals surface area contributed by atoms with Crippen LogP contribution in [0.4, 0.5) is 4.39 Å². The minimum Gasteiger partial charge on any atom is -0.496 e. The first-order chi connectivity index (χ1) is 9.65. The van der Waals surface area contributed by atoms with Gasteiger partial charge < -0.3 is 4.74 Å². The van der Waals surface area contributed by atoms with Gasteiger partial charge in [0.1, 0.15) is 11.6 Å². The van der Waals surface area contributed by atoms with Gasteiger partial charge in [0.2, 0.25) is 0 Å². The fourth-order valence-electron chi connectivity index (χ4n) is 2.12. The minimum absolute atomic E-state index is 0.335. The van der Waals surface area contributed by atoms with E-state index in [2.05, 4.69) is 15.9 Å². The molecule has 2 aromatic carbocycles. The molecule has 0 unspecified atom stereocenters. The zero-order chi connectivity index (χ0) is 14.5. The maximum absolute atomic E-state index is 13.8. The van der Waals surface area contributed by atoms with Gasteiger partial charge in [-0.2, -0.15) is 5.26 Å². The summed E-state index contributed by atoms with van der Waals surface area (Å²) in [6, 6.07) is 12.3. The van der Waals surface area contributed by atoms with Crippen molar-refractivity contribution in [2.24, 2.45) is 0 Å². The molecule has 0 heterocycles. The third-order valence-electron chi connectivity index (χ3n) is 3.13. The normalized spacial score (nSPS) is 10.1. The average molecular weight is 334 g/mol. The molecule has 0 amide bonds. The van der Waals surface area contributed by atoms with E-state index in [1.165, 1.54) is 6.07 Å². The van der Waals surface area contributed by atoms with E-state index in [1.807, 2.05) is 24.3 Å². The molecule has 0 saturated carbocycles. The van der Waals surface area contributed by atoms with Crippen LogP contribution in [-0.4, -0.2) is 7.11 Å². The van der Waals surface area contributed by atoms with Gasteiger partial charge in [-0.3, -0.25) is 0 Å². The SMILES string of the molecule is COc1ccc(Br)cc1CCc1c(F)cccc1C#N. The van der Waals surface area contributed by atoms with E-state index in [1.54, 1.807) is 19.2 Å². The summed E-state index contributed by atoms with van der Waals surface area (Å²) in [5.41, 5.74) is 1.82. The van der Waals surface area contributed by atoms with Crippen LogP contribution in [0.25, 0.3) is 0 Å². The largest absolute Gasteiger partial charge is 0.496 e. The van der Waals surface area contributed by atoms with Gasteiger partial charge >= 0.3 is 0 Å². The van der Waals surface area contributed by atoms with Gasteiger partial charge in [-0.25, -0.2) is 4.39 Å². The monoisotopic (exact) mass is 333 g/mol. The highest BCUT2D eigenvalue weighted by atomic mass is 79.9. The molecule has 0 N–H and O–H groups in total. The fourth-order valence-corrected chi connectivity index (χ4v) is 2.53. The fraction of sp³-hybridized carbons (Fsp3) is 0.188. The number of nitriles is 1. The molecule has 102 valence electrons. The van der Waals surface area contributed by atoms with Crippen LogP contribution in [0, 0.1) is 17.1 Å². The number of hydrogen-bond donors (Lipinski definition) is 0. The van der Waals surface area contributed by atoms with Crippen molar-refractivity contribution in [3.05, 3.63) is 63.4 Å². The van der Waals surface area contributed by atoms with E-state index in [0.717, 1.165) is 15.8 Å². The van der Waals surface area contributed by atoms with Gasteiger partial charge in [-0.15, -0.1) is 0 Å². The molecule has 0 aliphatic heterocycles. The topological polar surface area (TPSA) is 33.0 Å². The van der Waals surface area contributed by atoms with E-state index in [0.29, 0.717) is 24.0 Å². The van der Waals surface area contributed by atoms with Crippen LogP contribution >= 0.6 is 15.9 Å². The second-order valence-electron chi connectivity index (χ2n) is 4.33. The van der Waals surface area contributed by atoms with Gasteiger partial charge in [0, 0.05) is 10.0 Å². The molecule has 0 spiro atoms. The smallest absolute Gasteiger partial charge is 0.127 e. The second kappa shape index (κ2) is 6.53. The van der Waals surface area contributed by atoms with E-state index in [-0.39, 0.29) is 5.82 Å². The lowest BCUT2D eigenvalue weighted by molar-refractivity contribution is 0.409. The highest BCUT2D eigenvalue weighted by molar-refractivity contribution is 9.10. The van der Waals surface area contributed by atoms with E-state index in [9.17, 15) is 4.39 Å². The molecule has 0 bridgehead atoms. The van der Waals surface area contributed by atoms with Crippen molar-refractivity contribution in [2.45, 2.75) is 12.8 Å². The minimum atomic E-state index is -0.335. The molecule has 2 nitrogen and oxygen atoms in total. The summed E-state index contributed by atoms with van der Waals surface area (Å²) in [5.74, 6) is 0.432. The van der Waals surface area contributed by atoms with Gasteiger partial charge in [-0.1, -0.05) is 22.0 Å². The molecule has 20 heavy (non-hydrogen) atoms. The van der Waals surface area contributed by atoms with Crippen molar-refractivity contribution in [2.75, 3.05) is 7.11 Å². The van der Waals surface area contributed by atoms with Crippen molar-refractivity contribution in [1.29, 1.82) is 5.26 Å². The lowest BCUT2D eigenvalue weighted by Gasteiger charge is -2.10. The van der Waals surface area contributed by atoms with Crippen LogP contribution < -0.4 is 4.74 Å². The molecule has 0 atom stereocenters. The van der Waals surface area contributed by atoms with Crippen LogP contribution in [0.5, 0.6) is 5.75 Å². The lowest BCUT2D eigenvalue weighted by Crippen LogP contribution is -2.00. The predicted octanol–water partition coefficient (Wildman–Crippen LogP) is 4.25. The Kier molecular flexibility index (Phi) is 4.75. The average Bonchev–Trinajstić information content (AvgIpc) is 2.46. The Bertz CT molecular complexity index is 664. The van der Waals surface area contributed by atoms with Gasteiger partial charge in [-0.05, 0) is 48.7 Å². The molecule has 0 aliphatic rings. The quantitative estimate of drug-likeness (QED) is 0.837. The van der Waals surface area contributed by atoms with Crippen molar-refractivity contribution >= 4 is 15.9 Å². The molecule has 0 saturated heterocycles. The highest BCUT2D eigenvalue weighted by Crippen LogP contribution is 2.25. The Morgan fingerprint density at radius 2 is 2.05 bits per heavy atom. The molecule has 0 fully saturated rings. The molecule has 0 aliphatic carbocycles. The van der Waals surface area contributed by atoms with Crippen LogP contribution in [0.1, 0.15) is 16.7 Å². The molecular weight excluding hydrogens is 321 g/mol. The summed E-state index contributed by atoms with van der Waals surface area (Å²) in [7, 11) is 1.61. The Hall–Kier alpha value is -1.86. The standard InChI is InChI=1S/C16H13BrFNO/c1-20-16-8-6-13(17)9-11(16)5-7-14-12(10-19)3-2-4-15(14)18/h2-4,6,8-9H,5,7H2,1H3. The molecule has 0 aromatic heterocycles. The molecule has 0 radical (unpaired) electrons. The van der Waals surface area contributed by atoms with E-state index in [4.69, 9.17) is 10.00 Å². The highest BCUT2D eigenvalue weighted by Gasteiger charge is 2.10. The Labute approximate surface area is 125 Å². The zero-order valence-electron chi connectivity index (χ0n) is 11.0.